The summed E-state index contributed by atoms with van der Waals surface area (Å²) in [7, 11) is 0. The standard InChI is InChI=1S/C17H20FN5O/c1-13-3-4-14(11-15(13)18)21-16(24)12-22-7-9-23(10-8-22)17-19-5-2-6-20-17/h2-6,11H,7-10,12H2,1H3,(H,21,24)/p+1. The highest BCUT2D eigenvalue weighted by atomic mass is 19.1. The van der Waals surface area contributed by atoms with Crippen LogP contribution in [0.15, 0.2) is 36.7 Å². The Labute approximate surface area is 140 Å². The van der Waals surface area contributed by atoms with Gasteiger partial charge in [-0.3, -0.25) is 4.79 Å². The molecular weight excluding hydrogens is 309 g/mol. The number of piperazine rings is 1. The first-order valence-electron chi connectivity index (χ1n) is 8.03. The maximum atomic E-state index is 13.5. The van der Waals surface area contributed by atoms with Crippen molar-refractivity contribution in [2.75, 3.05) is 42.9 Å². The van der Waals surface area contributed by atoms with Crippen LogP contribution in [0.1, 0.15) is 5.56 Å². The molecule has 2 N–H and O–H groups in total. The topological polar surface area (TPSA) is 62.6 Å². The highest BCUT2D eigenvalue weighted by Crippen LogP contribution is 2.13. The lowest BCUT2D eigenvalue weighted by molar-refractivity contribution is -0.892. The Bertz CT molecular complexity index is 701. The molecule has 1 aromatic carbocycles. The molecule has 1 aliphatic rings. The van der Waals surface area contributed by atoms with Crippen LogP contribution in [-0.4, -0.2) is 48.6 Å². The normalized spacial score (nSPS) is 15.3. The van der Waals surface area contributed by atoms with E-state index in [1.165, 1.54) is 11.0 Å². The molecular formula is C17H21FN5O+. The number of nitrogens with one attached hydrogen (secondary N) is 2. The zero-order chi connectivity index (χ0) is 16.9. The van der Waals surface area contributed by atoms with Crippen molar-refractivity contribution >= 4 is 17.5 Å². The molecule has 1 fully saturated rings. The van der Waals surface area contributed by atoms with E-state index >= 15 is 0 Å². The second-order valence-corrected chi connectivity index (χ2v) is 5.97. The SMILES string of the molecule is Cc1ccc(NC(=O)C[NH+]2CCN(c3ncccn3)CC2)cc1F. The Morgan fingerprint density at radius 2 is 2.00 bits per heavy atom. The number of hydrogen-bond donors (Lipinski definition) is 2. The molecule has 0 radical (unpaired) electrons. The van der Waals surface area contributed by atoms with Gasteiger partial charge in [-0.2, -0.15) is 0 Å². The summed E-state index contributed by atoms with van der Waals surface area (Å²) in [5.74, 6) is 0.324. The van der Waals surface area contributed by atoms with Gasteiger partial charge in [0, 0.05) is 18.1 Å². The molecule has 0 unspecified atom stereocenters. The van der Waals surface area contributed by atoms with Crippen molar-refractivity contribution in [2.24, 2.45) is 0 Å². The maximum absolute atomic E-state index is 13.5. The zero-order valence-electron chi connectivity index (χ0n) is 13.6. The smallest absolute Gasteiger partial charge is 0.279 e. The first-order chi connectivity index (χ1) is 11.6. The average Bonchev–Trinajstić information content (AvgIpc) is 2.59. The largest absolute Gasteiger partial charge is 0.330 e. The maximum Gasteiger partial charge on any atom is 0.279 e. The predicted octanol–water partition coefficient (Wildman–Crippen LogP) is 0.268. The van der Waals surface area contributed by atoms with Crippen LogP contribution in [-0.2, 0) is 4.79 Å². The number of carbonyl (C=O) groups is 1. The quantitative estimate of drug-likeness (QED) is 0.845. The number of amides is 1. The fourth-order valence-electron chi connectivity index (χ4n) is 2.76. The molecule has 0 bridgehead atoms. The van der Waals surface area contributed by atoms with E-state index in [-0.39, 0.29) is 11.7 Å². The average molecular weight is 330 g/mol. The third-order valence-corrected chi connectivity index (χ3v) is 4.17. The Balaban J connectivity index is 1.49. The summed E-state index contributed by atoms with van der Waals surface area (Å²) in [6.45, 7) is 5.37. The van der Waals surface area contributed by atoms with Gasteiger partial charge in [-0.1, -0.05) is 6.07 Å². The van der Waals surface area contributed by atoms with Gasteiger partial charge in [-0.05, 0) is 30.7 Å². The molecule has 2 heterocycles. The fourth-order valence-corrected chi connectivity index (χ4v) is 2.76. The number of carbonyl (C=O) groups excluding carboxylic acids is 1. The lowest BCUT2D eigenvalue weighted by atomic mass is 10.2. The van der Waals surface area contributed by atoms with Gasteiger partial charge in [-0.15, -0.1) is 0 Å². The number of quaternary nitrogens is 1. The van der Waals surface area contributed by atoms with E-state index in [0.717, 1.165) is 32.1 Å². The Hall–Kier alpha value is -2.54. The van der Waals surface area contributed by atoms with Gasteiger partial charge in [0.05, 0.1) is 26.2 Å². The Morgan fingerprint density at radius 3 is 2.67 bits per heavy atom. The molecule has 2 aromatic rings. The lowest BCUT2D eigenvalue weighted by Crippen LogP contribution is -3.15. The fraction of sp³-hybridized carbons (Fsp3) is 0.353. The molecule has 0 aliphatic carbocycles. The molecule has 3 rings (SSSR count). The van der Waals surface area contributed by atoms with Crippen LogP contribution in [0.5, 0.6) is 0 Å². The minimum atomic E-state index is -0.309. The van der Waals surface area contributed by atoms with Crippen LogP contribution < -0.4 is 15.1 Å². The molecule has 0 spiro atoms. The molecule has 126 valence electrons. The monoisotopic (exact) mass is 330 g/mol. The second kappa shape index (κ2) is 7.35. The summed E-state index contributed by atoms with van der Waals surface area (Å²) >= 11 is 0. The summed E-state index contributed by atoms with van der Waals surface area (Å²) in [5.41, 5.74) is 1.07. The van der Waals surface area contributed by atoms with E-state index < -0.39 is 0 Å². The van der Waals surface area contributed by atoms with Gasteiger partial charge in [0.15, 0.2) is 6.54 Å². The first kappa shape index (κ1) is 16.3. The van der Waals surface area contributed by atoms with Crippen LogP contribution >= 0.6 is 0 Å². The minimum Gasteiger partial charge on any atom is -0.330 e. The number of halogens is 1. The molecule has 0 atom stereocenters. The van der Waals surface area contributed by atoms with Crippen molar-refractivity contribution in [1.29, 1.82) is 0 Å². The van der Waals surface area contributed by atoms with Gasteiger partial charge in [-0.25, -0.2) is 14.4 Å². The van der Waals surface area contributed by atoms with Crippen molar-refractivity contribution in [1.82, 2.24) is 9.97 Å². The third kappa shape index (κ3) is 4.05. The van der Waals surface area contributed by atoms with Gasteiger partial charge >= 0.3 is 0 Å². The van der Waals surface area contributed by atoms with Gasteiger partial charge in [0.1, 0.15) is 5.82 Å². The van der Waals surface area contributed by atoms with Crippen LogP contribution in [0.2, 0.25) is 0 Å². The summed E-state index contributed by atoms with van der Waals surface area (Å²) < 4.78 is 13.5. The van der Waals surface area contributed by atoms with Gasteiger partial charge in [0.25, 0.3) is 5.91 Å². The number of anilines is 2. The summed E-state index contributed by atoms with van der Waals surface area (Å²) in [5, 5.41) is 2.76. The summed E-state index contributed by atoms with van der Waals surface area (Å²) in [4.78, 5) is 24.0. The number of benzene rings is 1. The van der Waals surface area contributed by atoms with Crippen molar-refractivity contribution in [3.05, 3.63) is 48.0 Å². The van der Waals surface area contributed by atoms with E-state index in [9.17, 15) is 9.18 Å². The molecule has 1 amide bonds. The number of rotatable bonds is 4. The predicted molar refractivity (Wildman–Crippen MR) is 89.6 cm³/mol. The van der Waals surface area contributed by atoms with Crippen LogP contribution in [0.3, 0.4) is 0 Å². The zero-order valence-corrected chi connectivity index (χ0v) is 13.6. The van der Waals surface area contributed by atoms with Crippen molar-refractivity contribution in [3.63, 3.8) is 0 Å². The van der Waals surface area contributed by atoms with E-state index in [1.54, 1.807) is 37.5 Å². The highest BCUT2D eigenvalue weighted by molar-refractivity contribution is 5.91. The Morgan fingerprint density at radius 1 is 1.29 bits per heavy atom. The van der Waals surface area contributed by atoms with Crippen molar-refractivity contribution in [3.8, 4) is 0 Å². The number of aromatic nitrogens is 2. The lowest BCUT2D eigenvalue weighted by Gasteiger charge is -2.31. The Kier molecular flexibility index (Phi) is 5.00. The molecule has 7 heteroatoms. The molecule has 1 aromatic heterocycles. The van der Waals surface area contributed by atoms with Crippen LogP contribution in [0, 0.1) is 12.7 Å². The first-order valence-corrected chi connectivity index (χ1v) is 8.03. The highest BCUT2D eigenvalue weighted by Gasteiger charge is 2.23. The van der Waals surface area contributed by atoms with Crippen LogP contribution in [0.4, 0.5) is 16.0 Å². The second-order valence-electron chi connectivity index (χ2n) is 5.97. The van der Waals surface area contributed by atoms with E-state index in [1.807, 2.05) is 0 Å². The molecule has 24 heavy (non-hydrogen) atoms. The van der Waals surface area contributed by atoms with Gasteiger partial charge < -0.3 is 15.1 Å². The van der Waals surface area contributed by atoms with Crippen LogP contribution in [0.25, 0.3) is 0 Å². The number of hydrogen-bond acceptors (Lipinski definition) is 4. The molecule has 1 saturated heterocycles. The van der Waals surface area contributed by atoms with Crippen molar-refractivity contribution in [2.45, 2.75) is 6.92 Å². The number of nitrogens with zero attached hydrogens (tertiary/aromatic N) is 3. The summed E-state index contributed by atoms with van der Waals surface area (Å²) in [6, 6.07) is 6.53. The number of aryl methyl sites for hydroxylation is 1. The minimum absolute atomic E-state index is 0.0994. The molecule has 6 nitrogen and oxygen atoms in total. The van der Waals surface area contributed by atoms with E-state index in [0.29, 0.717) is 17.8 Å². The van der Waals surface area contributed by atoms with Gasteiger partial charge in [0.2, 0.25) is 5.95 Å². The summed E-state index contributed by atoms with van der Waals surface area (Å²) in [6.07, 6.45) is 3.46. The van der Waals surface area contributed by atoms with E-state index in [4.69, 9.17) is 0 Å². The molecule has 0 saturated carbocycles. The van der Waals surface area contributed by atoms with E-state index in [2.05, 4.69) is 20.2 Å². The molecule has 1 aliphatic heterocycles. The van der Waals surface area contributed by atoms with Crippen molar-refractivity contribution < 1.29 is 14.1 Å². The third-order valence-electron chi connectivity index (χ3n) is 4.17.